The second-order valence-corrected chi connectivity index (χ2v) is 7.73. The number of aromatic nitrogens is 2. The van der Waals surface area contributed by atoms with E-state index in [1.54, 1.807) is 30.6 Å². The van der Waals surface area contributed by atoms with Crippen LogP contribution in [0.15, 0.2) is 29.6 Å². The molecule has 0 saturated heterocycles. The fourth-order valence-electron chi connectivity index (χ4n) is 3.64. The van der Waals surface area contributed by atoms with Gasteiger partial charge in [0.2, 0.25) is 0 Å². The summed E-state index contributed by atoms with van der Waals surface area (Å²) in [4.78, 5) is 32.4. The second kappa shape index (κ2) is 8.02. The van der Waals surface area contributed by atoms with Crippen molar-refractivity contribution in [2.24, 2.45) is 0 Å². The Bertz CT molecular complexity index is 975. The van der Waals surface area contributed by atoms with Crippen LogP contribution in [0.4, 0.5) is 0 Å². The molecule has 146 valence electrons. The zero-order chi connectivity index (χ0) is 19.5. The molecule has 0 bridgehead atoms. The smallest absolute Gasteiger partial charge is 0.293 e. The number of benzene rings is 1. The van der Waals surface area contributed by atoms with Gasteiger partial charge in [0.05, 0.1) is 17.6 Å². The zero-order valence-corrected chi connectivity index (χ0v) is 16.3. The van der Waals surface area contributed by atoms with E-state index in [-0.39, 0.29) is 18.1 Å². The zero-order valence-electron chi connectivity index (χ0n) is 15.4. The monoisotopic (exact) mass is 399 g/mol. The van der Waals surface area contributed by atoms with E-state index in [1.807, 2.05) is 17.5 Å². The van der Waals surface area contributed by atoms with Crippen LogP contribution in [0.5, 0.6) is 5.75 Å². The predicted molar refractivity (Wildman–Crippen MR) is 107 cm³/mol. The molecule has 1 aromatic carbocycles. The Labute approximate surface area is 166 Å². The summed E-state index contributed by atoms with van der Waals surface area (Å²) < 4.78 is 10.5. The first-order chi connectivity index (χ1) is 13.7. The van der Waals surface area contributed by atoms with Gasteiger partial charge < -0.3 is 19.8 Å². The van der Waals surface area contributed by atoms with Crippen molar-refractivity contribution in [3.05, 3.63) is 35.2 Å². The van der Waals surface area contributed by atoms with E-state index < -0.39 is 0 Å². The molecule has 1 aliphatic carbocycles. The second-order valence-electron chi connectivity index (χ2n) is 6.78. The number of nitrogens with zero attached hydrogens (tertiary/aromatic N) is 1. The van der Waals surface area contributed by atoms with Crippen molar-refractivity contribution < 1.29 is 19.1 Å². The summed E-state index contributed by atoms with van der Waals surface area (Å²) in [6.45, 7) is 0.500. The molecule has 1 saturated carbocycles. The quantitative estimate of drug-likeness (QED) is 0.619. The highest BCUT2D eigenvalue weighted by molar-refractivity contribution is 7.13. The molecular weight excluding hydrogens is 378 g/mol. The number of methoxy groups -OCH3 is 1. The van der Waals surface area contributed by atoms with Gasteiger partial charge >= 0.3 is 0 Å². The van der Waals surface area contributed by atoms with Crippen molar-refractivity contribution in [1.82, 2.24) is 15.3 Å². The number of carbonyl (C=O) groups excluding carboxylic acids is 2. The van der Waals surface area contributed by atoms with Crippen LogP contribution in [0.2, 0.25) is 0 Å². The maximum atomic E-state index is 12.9. The van der Waals surface area contributed by atoms with Crippen LogP contribution in [0, 0.1) is 0 Å². The van der Waals surface area contributed by atoms with Crippen LogP contribution in [-0.4, -0.2) is 41.6 Å². The number of thiophene rings is 1. The van der Waals surface area contributed by atoms with Crippen molar-refractivity contribution in [1.29, 1.82) is 0 Å². The predicted octanol–water partition coefficient (Wildman–Crippen LogP) is 3.51. The minimum Gasteiger partial charge on any atom is -0.494 e. The first-order valence-electron chi connectivity index (χ1n) is 9.20. The molecule has 1 fully saturated rings. The number of nitrogens with one attached hydrogen (secondary N) is 2. The molecule has 28 heavy (non-hydrogen) atoms. The van der Waals surface area contributed by atoms with Gasteiger partial charge in [-0.25, -0.2) is 4.98 Å². The van der Waals surface area contributed by atoms with Gasteiger partial charge in [-0.15, -0.1) is 11.3 Å². The van der Waals surface area contributed by atoms with E-state index in [4.69, 9.17) is 9.47 Å². The number of imidazole rings is 1. The fraction of sp³-hybridized carbons (Fsp3) is 0.350. The van der Waals surface area contributed by atoms with E-state index in [0.29, 0.717) is 28.8 Å². The van der Waals surface area contributed by atoms with Gasteiger partial charge in [-0.3, -0.25) is 9.59 Å². The van der Waals surface area contributed by atoms with Crippen molar-refractivity contribution in [2.45, 2.75) is 37.8 Å². The van der Waals surface area contributed by atoms with Crippen LogP contribution in [0.1, 0.15) is 36.0 Å². The Hall–Kier alpha value is -2.87. The summed E-state index contributed by atoms with van der Waals surface area (Å²) in [5.41, 5.74) is 1.82. The number of ether oxygens (including phenoxy) is 2. The molecule has 2 aromatic heterocycles. The SMILES string of the molecule is COc1ccc(C(=O)NC2CCC(OC=O)CC2)c2nc(-c3cccs3)[nH]c12. The normalized spacial score (nSPS) is 19.3. The maximum absolute atomic E-state index is 12.9. The molecule has 1 amide bonds. The molecular formula is C20H21N3O4S. The van der Waals surface area contributed by atoms with Crippen LogP contribution in [-0.2, 0) is 9.53 Å². The van der Waals surface area contributed by atoms with Crippen molar-refractivity contribution in [3.8, 4) is 16.5 Å². The summed E-state index contributed by atoms with van der Waals surface area (Å²) in [7, 11) is 1.60. The molecule has 2 N–H and O–H groups in total. The third-order valence-corrected chi connectivity index (χ3v) is 5.96. The van der Waals surface area contributed by atoms with E-state index in [2.05, 4.69) is 15.3 Å². The fourth-order valence-corrected chi connectivity index (χ4v) is 4.31. The number of aromatic amines is 1. The molecule has 3 aromatic rings. The van der Waals surface area contributed by atoms with Gasteiger partial charge in [-0.1, -0.05) is 6.07 Å². The van der Waals surface area contributed by atoms with Gasteiger partial charge in [0, 0.05) is 6.04 Å². The summed E-state index contributed by atoms with van der Waals surface area (Å²) in [6.07, 6.45) is 3.03. The Morgan fingerprint density at radius 1 is 1.29 bits per heavy atom. The average Bonchev–Trinajstić information content (AvgIpc) is 3.38. The molecule has 0 spiro atoms. The van der Waals surface area contributed by atoms with Crippen molar-refractivity contribution in [2.75, 3.05) is 7.11 Å². The number of carbonyl (C=O) groups is 2. The molecule has 7 nitrogen and oxygen atoms in total. The highest BCUT2D eigenvalue weighted by Gasteiger charge is 2.25. The highest BCUT2D eigenvalue weighted by atomic mass is 32.1. The van der Waals surface area contributed by atoms with Crippen molar-refractivity contribution >= 4 is 34.7 Å². The number of hydrogen-bond donors (Lipinski definition) is 2. The number of amides is 1. The van der Waals surface area contributed by atoms with Crippen LogP contribution >= 0.6 is 11.3 Å². The van der Waals surface area contributed by atoms with E-state index >= 15 is 0 Å². The lowest BCUT2D eigenvalue weighted by Gasteiger charge is -2.27. The third kappa shape index (κ3) is 3.60. The molecule has 2 heterocycles. The summed E-state index contributed by atoms with van der Waals surface area (Å²) in [5, 5.41) is 5.08. The maximum Gasteiger partial charge on any atom is 0.293 e. The Balaban J connectivity index is 1.58. The Morgan fingerprint density at radius 3 is 2.79 bits per heavy atom. The van der Waals surface area contributed by atoms with E-state index in [1.165, 1.54) is 0 Å². The van der Waals surface area contributed by atoms with Gasteiger partial charge in [-0.2, -0.15) is 0 Å². The van der Waals surface area contributed by atoms with E-state index in [0.717, 1.165) is 36.4 Å². The largest absolute Gasteiger partial charge is 0.494 e. The van der Waals surface area contributed by atoms with Crippen LogP contribution in [0.3, 0.4) is 0 Å². The minimum atomic E-state index is -0.156. The first kappa shape index (κ1) is 18.5. The Kier molecular flexibility index (Phi) is 5.29. The molecule has 1 aliphatic rings. The third-order valence-electron chi connectivity index (χ3n) is 5.08. The highest BCUT2D eigenvalue weighted by Crippen LogP contribution is 2.31. The lowest BCUT2D eigenvalue weighted by atomic mass is 9.92. The number of hydrogen-bond acceptors (Lipinski definition) is 6. The van der Waals surface area contributed by atoms with Crippen LogP contribution in [0.25, 0.3) is 21.7 Å². The molecule has 0 atom stereocenters. The standard InChI is InChI=1S/C20H21N3O4S/c1-26-15-9-8-14(17-18(15)23-19(22-17)16-3-2-10-28-16)20(25)21-12-4-6-13(7-5-12)27-11-24/h2-3,8-13H,4-7H2,1H3,(H,21,25)(H,22,23). The molecule has 0 aliphatic heterocycles. The molecule has 0 radical (unpaired) electrons. The van der Waals surface area contributed by atoms with Gasteiger partial charge in [0.25, 0.3) is 12.4 Å². The number of rotatable bonds is 6. The topological polar surface area (TPSA) is 93.3 Å². The summed E-state index contributed by atoms with van der Waals surface area (Å²) >= 11 is 1.58. The molecule has 8 heteroatoms. The van der Waals surface area contributed by atoms with Crippen molar-refractivity contribution in [3.63, 3.8) is 0 Å². The average molecular weight is 399 g/mol. The summed E-state index contributed by atoms with van der Waals surface area (Å²) in [5.74, 6) is 1.21. The number of fused-ring (bicyclic) bond motifs is 1. The lowest BCUT2D eigenvalue weighted by molar-refractivity contribution is -0.135. The lowest BCUT2D eigenvalue weighted by Crippen LogP contribution is -2.39. The molecule has 4 rings (SSSR count). The van der Waals surface area contributed by atoms with E-state index in [9.17, 15) is 9.59 Å². The first-order valence-corrected chi connectivity index (χ1v) is 10.1. The summed E-state index contributed by atoms with van der Waals surface area (Å²) in [6, 6.07) is 7.53. The molecule has 0 unspecified atom stereocenters. The van der Waals surface area contributed by atoms with Crippen LogP contribution < -0.4 is 10.1 Å². The van der Waals surface area contributed by atoms with Gasteiger partial charge in [0.1, 0.15) is 28.7 Å². The Morgan fingerprint density at radius 2 is 2.11 bits per heavy atom. The minimum absolute atomic E-state index is 0.0435. The van der Waals surface area contributed by atoms with Gasteiger partial charge in [-0.05, 0) is 49.3 Å². The number of H-pyrrole nitrogens is 1. The van der Waals surface area contributed by atoms with Gasteiger partial charge in [0.15, 0.2) is 0 Å².